The molecule has 31 heavy (non-hydrogen) atoms. The average molecular weight is 429 g/mol. The number of piperazine rings is 1. The molecule has 2 aliphatic rings. The first-order chi connectivity index (χ1) is 14.8. The van der Waals surface area contributed by atoms with Gasteiger partial charge >= 0.3 is 0 Å². The van der Waals surface area contributed by atoms with E-state index in [9.17, 15) is 9.59 Å². The Balaban J connectivity index is 1.45. The zero-order valence-corrected chi connectivity index (χ0v) is 19.8. The topological polar surface area (TPSA) is 55.9 Å². The van der Waals surface area contributed by atoms with E-state index in [0.717, 1.165) is 50.3 Å². The zero-order chi connectivity index (χ0) is 22.4. The van der Waals surface area contributed by atoms with E-state index in [2.05, 4.69) is 46.9 Å². The molecule has 1 saturated heterocycles. The van der Waals surface area contributed by atoms with Gasteiger partial charge in [0.15, 0.2) is 0 Å². The van der Waals surface area contributed by atoms with Gasteiger partial charge in [0.25, 0.3) is 0 Å². The third kappa shape index (κ3) is 6.53. The summed E-state index contributed by atoms with van der Waals surface area (Å²) < 4.78 is 0. The summed E-state index contributed by atoms with van der Waals surface area (Å²) in [5, 5.41) is 3.05. The lowest BCUT2D eigenvalue weighted by atomic mass is 9.93. The number of rotatable bonds is 7. The van der Waals surface area contributed by atoms with Gasteiger partial charge in [-0.2, -0.15) is 0 Å². The van der Waals surface area contributed by atoms with Crippen molar-refractivity contribution in [1.82, 2.24) is 14.7 Å². The summed E-state index contributed by atoms with van der Waals surface area (Å²) in [7, 11) is 0. The van der Waals surface area contributed by atoms with E-state index in [1.807, 2.05) is 19.1 Å². The molecule has 0 spiro atoms. The molecular formula is C25H40N4O2. The fourth-order valence-electron chi connectivity index (χ4n) is 4.93. The SMILES string of the molecule is Cc1cccc(NC(=O)CN2CCN(CC(=O)N(C(C)C)C3CCCCC3)CC2)c1C. The van der Waals surface area contributed by atoms with E-state index >= 15 is 0 Å². The van der Waals surface area contributed by atoms with E-state index in [0.29, 0.717) is 19.1 Å². The van der Waals surface area contributed by atoms with Gasteiger partial charge in [0.05, 0.1) is 13.1 Å². The van der Waals surface area contributed by atoms with Gasteiger partial charge < -0.3 is 10.2 Å². The number of carbonyl (C=O) groups excluding carboxylic acids is 2. The van der Waals surface area contributed by atoms with Gasteiger partial charge in [0.1, 0.15) is 0 Å². The second kappa shape index (κ2) is 11.1. The van der Waals surface area contributed by atoms with E-state index < -0.39 is 0 Å². The Bertz CT molecular complexity index is 750. The molecule has 1 aromatic carbocycles. The minimum atomic E-state index is 0.0292. The van der Waals surface area contributed by atoms with Crippen LogP contribution < -0.4 is 5.32 Å². The summed E-state index contributed by atoms with van der Waals surface area (Å²) in [6.45, 7) is 12.6. The lowest BCUT2D eigenvalue weighted by molar-refractivity contribution is -0.138. The third-order valence-electron chi connectivity index (χ3n) is 6.88. The lowest BCUT2D eigenvalue weighted by Crippen LogP contribution is -2.54. The molecule has 1 aromatic rings. The van der Waals surface area contributed by atoms with Crippen molar-refractivity contribution in [2.24, 2.45) is 0 Å². The normalized spacial score (nSPS) is 18.9. The molecule has 6 heteroatoms. The summed E-state index contributed by atoms with van der Waals surface area (Å²) in [6.07, 6.45) is 6.07. The monoisotopic (exact) mass is 428 g/mol. The summed E-state index contributed by atoms with van der Waals surface area (Å²) in [5.74, 6) is 0.296. The molecule has 6 nitrogen and oxygen atoms in total. The minimum absolute atomic E-state index is 0.0292. The van der Waals surface area contributed by atoms with Gasteiger partial charge in [-0.05, 0) is 57.7 Å². The number of hydrogen-bond acceptors (Lipinski definition) is 4. The smallest absolute Gasteiger partial charge is 0.238 e. The number of nitrogens with zero attached hydrogens (tertiary/aromatic N) is 3. The number of amides is 2. The molecule has 0 aromatic heterocycles. The molecule has 0 unspecified atom stereocenters. The summed E-state index contributed by atoms with van der Waals surface area (Å²) in [4.78, 5) is 32.2. The highest BCUT2D eigenvalue weighted by atomic mass is 16.2. The van der Waals surface area contributed by atoms with E-state index in [1.165, 1.54) is 24.8 Å². The molecule has 1 heterocycles. The highest BCUT2D eigenvalue weighted by molar-refractivity contribution is 5.93. The first-order valence-corrected chi connectivity index (χ1v) is 12.0. The standard InChI is InChI=1S/C25H40N4O2/c1-19(2)29(22-10-6-5-7-11-22)25(31)18-28-15-13-27(14-16-28)17-24(30)26-23-12-8-9-20(3)21(23)4/h8-9,12,19,22H,5-7,10-11,13-18H2,1-4H3,(H,26,30). The Morgan fingerprint density at radius 3 is 2.23 bits per heavy atom. The maximum atomic E-state index is 13.1. The Kier molecular flexibility index (Phi) is 8.50. The van der Waals surface area contributed by atoms with Crippen LogP contribution in [0.3, 0.4) is 0 Å². The van der Waals surface area contributed by atoms with Crippen LogP contribution in [0.1, 0.15) is 57.1 Å². The Morgan fingerprint density at radius 2 is 1.61 bits per heavy atom. The fourth-order valence-corrected chi connectivity index (χ4v) is 4.93. The van der Waals surface area contributed by atoms with Crippen molar-refractivity contribution in [1.29, 1.82) is 0 Å². The van der Waals surface area contributed by atoms with Crippen LogP contribution in [-0.4, -0.2) is 77.9 Å². The second-order valence-corrected chi connectivity index (χ2v) is 9.53. The highest BCUT2D eigenvalue weighted by Crippen LogP contribution is 2.24. The van der Waals surface area contributed by atoms with Crippen molar-refractivity contribution >= 4 is 17.5 Å². The van der Waals surface area contributed by atoms with Crippen molar-refractivity contribution < 1.29 is 9.59 Å². The van der Waals surface area contributed by atoms with Crippen molar-refractivity contribution in [3.8, 4) is 0 Å². The summed E-state index contributed by atoms with van der Waals surface area (Å²) in [5.41, 5.74) is 3.19. The van der Waals surface area contributed by atoms with Crippen molar-refractivity contribution in [3.05, 3.63) is 29.3 Å². The van der Waals surface area contributed by atoms with Crippen LogP contribution in [-0.2, 0) is 9.59 Å². The van der Waals surface area contributed by atoms with Crippen LogP contribution in [0, 0.1) is 13.8 Å². The Morgan fingerprint density at radius 1 is 1.00 bits per heavy atom. The number of anilines is 1. The number of hydrogen-bond donors (Lipinski definition) is 1. The number of benzene rings is 1. The largest absolute Gasteiger partial charge is 0.336 e. The molecule has 3 rings (SSSR count). The molecular weight excluding hydrogens is 388 g/mol. The summed E-state index contributed by atoms with van der Waals surface area (Å²) in [6, 6.07) is 6.65. The molecule has 2 amide bonds. The number of aryl methyl sites for hydroxylation is 1. The predicted octanol–water partition coefficient (Wildman–Crippen LogP) is 3.43. The fraction of sp³-hybridized carbons (Fsp3) is 0.680. The first-order valence-electron chi connectivity index (χ1n) is 12.0. The molecule has 1 saturated carbocycles. The predicted molar refractivity (Wildman–Crippen MR) is 126 cm³/mol. The molecule has 0 radical (unpaired) electrons. The first kappa shape index (κ1) is 23.7. The number of carbonyl (C=O) groups is 2. The maximum Gasteiger partial charge on any atom is 0.238 e. The Hall–Kier alpha value is -1.92. The molecule has 0 atom stereocenters. The molecule has 0 bridgehead atoms. The zero-order valence-electron chi connectivity index (χ0n) is 19.8. The lowest BCUT2D eigenvalue weighted by Gasteiger charge is -2.40. The third-order valence-corrected chi connectivity index (χ3v) is 6.88. The van der Waals surface area contributed by atoms with Crippen molar-refractivity contribution in [3.63, 3.8) is 0 Å². The van der Waals surface area contributed by atoms with Gasteiger partial charge in [0.2, 0.25) is 11.8 Å². The molecule has 1 aliphatic carbocycles. The molecule has 1 N–H and O–H groups in total. The van der Waals surface area contributed by atoms with Crippen LogP contribution in [0.15, 0.2) is 18.2 Å². The van der Waals surface area contributed by atoms with Crippen molar-refractivity contribution in [2.45, 2.75) is 71.9 Å². The average Bonchev–Trinajstić information content (AvgIpc) is 2.73. The quantitative estimate of drug-likeness (QED) is 0.723. The van der Waals surface area contributed by atoms with Gasteiger partial charge in [0, 0.05) is 44.0 Å². The van der Waals surface area contributed by atoms with Crippen LogP contribution in [0.4, 0.5) is 5.69 Å². The minimum Gasteiger partial charge on any atom is -0.336 e. The van der Waals surface area contributed by atoms with Crippen LogP contribution in [0.2, 0.25) is 0 Å². The maximum absolute atomic E-state index is 13.1. The van der Waals surface area contributed by atoms with Crippen molar-refractivity contribution in [2.75, 3.05) is 44.6 Å². The van der Waals surface area contributed by atoms with Gasteiger partial charge in [-0.15, -0.1) is 0 Å². The molecule has 2 fully saturated rings. The Labute approximate surface area is 188 Å². The second-order valence-electron chi connectivity index (χ2n) is 9.53. The van der Waals surface area contributed by atoms with Crippen LogP contribution in [0.25, 0.3) is 0 Å². The van der Waals surface area contributed by atoms with Crippen LogP contribution in [0.5, 0.6) is 0 Å². The van der Waals surface area contributed by atoms with E-state index in [1.54, 1.807) is 0 Å². The molecule has 172 valence electrons. The van der Waals surface area contributed by atoms with E-state index in [4.69, 9.17) is 0 Å². The van der Waals surface area contributed by atoms with Gasteiger partial charge in [-0.1, -0.05) is 31.4 Å². The number of nitrogens with one attached hydrogen (secondary N) is 1. The van der Waals surface area contributed by atoms with Gasteiger partial charge in [-0.25, -0.2) is 0 Å². The summed E-state index contributed by atoms with van der Waals surface area (Å²) >= 11 is 0. The molecule has 1 aliphatic heterocycles. The highest BCUT2D eigenvalue weighted by Gasteiger charge is 2.29. The van der Waals surface area contributed by atoms with Gasteiger partial charge in [-0.3, -0.25) is 19.4 Å². The van der Waals surface area contributed by atoms with Crippen LogP contribution >= 0.6 is 0 Å². The van der Waals surface area contributed by atoms with E-state index in [-0.39, 0.29) is 17.9 Å².